The standard InChI is InChI=1S/C24H29F3N2O4Si/c1-21(2,3)34(7,8)32-16-12-22(4)17-18(23(16,5)33-22)20(31)29(19(17)30)13-9-10-15(28-6)14(11-13)24(25,26)27/h9-11,16-18H,12H2,1-5,7-8H3/t16-,17-,18+,22?,23?/m1/s1. The van der Waals surface area contributed by atoms with Crippen LogP contribution in [0.3, 0.4) is 0 Å². The van der Waals surface area contributed by atoms with Gasteiger partial charge in [0.1, 0.15) is 5.60 Å². The molecule has 2 amide bonds. The molecule has 10 heteroatoms. The molecular weight excluding hydrogens is 465 g/mol. The van der Waals surface area contributed by atoms with Crippen molar-refractivity contribution < 1.29 is 31.9 Å². The fourth-order valence-electron chi connectivity index (χ4n) is 5.43. The molecule has 184 valence electrons. The molecule has 0 N–H and O–H groups in total. The molecule has 34 heavy (non-hydrogen) atoms. The van der Waals surface area contributed by atoms with E-state index in [1.807, 2.05) is 0 Å². The van der Waals surface area contributed by atoms with Gasteiger partial charge in [-0.3, -0.25) is 9.59 Å². The maximum absolute atomic E-state index is 13.6. The van der Waals surface area contributed by atoms with Crippen LogP contribution in [0.2, 0.25) is 18.1 Å². The van der Waals surface area contributed by atoms with Gasteiger partial charge >= 0.3 is 6.18 Å². The third-order valence-electron chi connectivity index (χ3n) is 8.17. The van der Waals surface area contributed by atoms with E-state index in [1.165, 1.54) is 6.07 Å². The van der Waals surface area contributed by atoms with Gasteiger partial charge in [0.15, 0.2) is 14.0 Å². The summed E-state index contributed by atoms with van der Waals surface area (Å²) in [6, 6.07) is 2.93. The lowest BCUT2D eigenvalue weighted by Crippen LogP contribution is -2.55. The number of fused-ring (bicyclic) bond motifs is 5. The first kappa shape index (κ1) is 24.9. The third-order valence-corrected chi connectivity index (χ3v) is 12.7. The Balaban J connectivity index is 1.73. The van der Waals surface area contributed by atoms with E-state index in [0.717, 1.165) is 11.0 Å². The molecule has 0 radical (unpaired) electrons. The molecule has 3 heterocycles. The first-order valence-corrected chi connectivity index (χ1v) is 14.1. The Morgan fingerprint density at radius 3 is 2.26 bits per heavy atom. The molecular formula is C24H29F3N2O4Si. The molecule has 5 atom stereocenters. The van der Waals surface area contributed by atoms with Crippen molar-refractivity contribution in [2.75, 3.05) is 4.90 Å². The summed E-state index contributed by atoms with van der Waals surface area (Å²) < 4.78 is 53.5. The monoisotopic (exact) mass is 494 g/mol. The molecule has 3 aliphatic heterocycles. The number of carbonyl (C=O) groups is 2. The number of hydrogen-bond acceptors (Lipinski definition) is 4. The second kappa shape index (κ2) is 7.15. The maximum atomic E-state index is 13.6. The predicted octanol–water partition coefficient (Wildman–Crippen LogP) is 5.70. The van der Waals surface area contributed by atoms with E-state index in [1.54, 1.807) is 13.8 Å². The Kier molecular flexibility index (Phi) is 5.23. The van der Waals surface area contributed by atoms with E-state index >= 15 is 0 Å². The number of alkyl halides is 3. The smallest absolute Gasteiger partial charge is 0.407 e. The zero-order chi connectivity index (χ0) is 25.6. The van der Waals surface area contributed by atoms with Gasteiger partial charge in [-0.15, -0.1) is 0 Å². The predicted molar refractivity (Wildman–Crippen MR) is 122 cm³/mol. The van der Waals surface area contributed by atoms with Crippen molar-refractivity contribution in [2.24, 2.45) is 11.8 Å². The largest absolute Gasteiger partial charge is 0.411 e. The molecule has 0 spiro atoms. The Morgan fingerprint density at radius 2 is 1.74 bits per heavy atom. The van der Waals surface area contributed by atoms with Crippen molar-refractivity contribution in [3.8, 4) is 0 Å². The van der Waals surface area contributed by atoms with Crippen LogP contribution in [0.5, 0.6) is 0 Å². The van der Waals surface area contributed by atoms with Crippen molar-refractivity contribution in [3.63, 3.8) is 0 Å². The average Bonchev–Trinajstić information content (AvgIpc) is 3.20. The number of ether oxygens (including phenoxy) is 1. The van der Waals surface area contributed by atoms with Crippen LogP contribution in [-0.4, -0.2) is 37.4 Å². The molecule has 3 fully saturated rings. The number of anilines is 1. The molecule has 1 aromatic carbocycles. The highest BCUT2D eigenvalue weighted by molar-refractivity contribution is 6.74. The molecule has 3 aliphatic rings. The SMILES string of the molecule is [C-]#[N+]c1ccc(N2C(=O)[C@@H]3[C@H](C2=O)C2(C)C[C@@H](O[Si](C)(C)C(C)(C)C)C3(C)O2)cc1C(F)(F)F. The van der Waals surface area contributed by atoms with Crippen LogP contribution >= 0.6 is 0 Å². The zero-order valence-corrected chi connectivity index (χ0v) is 21.3. The number of nitrogens with zero attached hydrogens (tertiary/aromatic N) is 2. The van der Waals surface area contributed by atoms with Gasteiger partial charge in [-0.2, -0.15) is 13.2 Å². The minimum absolute atomic E-state index is 0.0777. The van der Waals surface area contributed by atoms with Gasteiger partial charge in [0.2, 0.25) is 11.8 Å². The minimum Gasteiger partial charge on any atom is -0.411 e. The fourth-order valence-corrected chi connectivity index (χ4v) is 6.81. The summed E-state index contributed by atoms with van der Waals surface area (Å²) in [6.45, 7) is 21.1. The lowest BCUT2D eigenvalue weighted by atomic mass is 9.67. The summed E-state index contributed by atoms with van der Waals surface area (Å²) in [5, 5.41) is -0.0777. The van der Waals surface area contributed by atoms with E-state index in [2.05, 4.69) is 38.7 Å². The summed E-state index contributed by atoms with van der Waals surface area (Å²) >= 11 is 0. The fraction of sp³-hybridized carbons (Fsp3) is 0.625. The van der Waals surface area contributed by atoms with Gasteiger partial charge < -0.3 is 9.16 Å². The van der Waals surface area contributed by atoms with Crippen LogP contribution < -0.4 is 4.90 Å². The van der Waals surface area contributed by atoms with Gasteiger partial charge in [0.05, 0.1) is 35.7 Å². The zero-order valence-electron chi connectivity index (χ0n) is 20.3. The van der Waals surface area contributed by atoms with Gasteiger partial charge in [0, 0.05) is 12.1 Å². The van der Waals surface area contributed by atoms with E-state index in [4.69, 9.17) is 15.7 Å². The number of carbonyl (C=O) groups excluding carboxylic acids is 2. The molecule has 0 saturated carbocycles. The van der Waals surface area contributed by atoms with Crippen molar-refractivity contribution in [3.05, 3.63) is 35.2 Å². The molecule has 1 aromatic rings. The number of hydrogen-bond donors (Lipinski definition) is 0. The lowest BCUT2D eigenvalue weighted by molar-refractivity contribution is -0.137. The van der Waals surface area contributed by atoms with Crippen LogP contribution in [0.25, 0.3) is 4.85 Å². The van der Waals surface area contributed by atoms with Gasteiger partial charge in [0.25, 0.3) is 0 Å². The summed E-state index contributed by atoms with van der Waals surface area (Å²) in [4.78, 5) is 30.8. The Labute approximate surface area is 198 Å². The van der Waals surface area contributed by atoms with Crippen LogP contribution in [0.1, 0.15) is 46.6 Å². The highest BCUT2D eigenvalue weighted by Gasteiger charge is 2.76. The Hall–Kier alpha value is -2.22. The molecule has 2 unspecified atom stereocenters. The number of amides is 2. The van der Waals surface area contributed by atoms with E-state index in [0.29, 0.717) is 12.5 Å². The van der Waals surface area contributed by atoms with Gasteiger partial charge in [-0.1, -0.05) is 26.8 Å². The van der Waals surface area contributed by atoms with Crippen LogP contribution in [0.15, 0.2) is 18.2 Å². The number of rotatable bonds is 3. The number of halogens is 3. The normalized spacial score (nSPS) is 33.4. The third kappa shape index (κ3) is 3.35. The first-order valence-electron chi connectivity index (χ1n) is 11.2. The van der Waals surface area contributed by atoms with Crippen molar-refractivity contribution in [1.29, 1.82) is 0 Å². The highest BCUT2D eigenvalue weighted by Crippen LogP contribution is 2.62. The summed E-state index contributed by atoms with van der Waals surface area (Å²) in [6.07, 6.45) is -4.78. The molecule has 0 aliphatic carbocycles. The Bertz CT molecular complexity index is 1120. The second-order valence-corrected chi connectivity index (χ2v) is 16.2. The molecule has 0 aromatic heterocycles. The van der Waals surface area contributed by atoms with Crippen molar-refractivity contribution in [2.45, 2.75) is 82.7 Å². The summed E-state index contributed by atoms with van der Waals surface area (Å²) in [7, 11) is -2.23. The van der Waals surface area contributed by atoms with E-state index in [9.17, 15) is 22.8 Å². The van der Waals surface area contributed by atoms with Crippen LogP contribution in [0, 0.1) is 18.4 Å². The van der Waals surface area contributed by atoms with Gasteiger partial charge in [-0.25, -0.2) is 9.74 Å². The van der Waals surface area contributed by atoms with Crippen LogP contribution in [-0.2, 0) is 24.9 Å². The molecule has 3 saturated heterocycles. The van der Waals surface area contributed by atoms with Crippen LogP contribution in [0.4, 0.5) is 24.5 Å². The summed E-state index contributed by atoms with van der Waals surface area (Å²) in [5.41, 5.74) is -3.97. The number of imide groups is 1. The minimum atomic E-state index is -4.79. The van der Waals surface area contributed by atoms with Crippen molar-refractivity contribution >= 4 is 31.5 Å². The molecule has 2 bridgehead atoms. The number of benzene rings is 1. The molecule has 6 nitrogen and oxygen atoms in total. The first-order chi connectivity index (χ1) is 15.4. The van der Waals surface area contributed by atoms with E-state index < -0.39 is 66.7 Å². The second-order valence-electron chi connectivity index (χ2n) is 11.4. The van der Waals surface area contributed by atoms with E-state index in [-0.39, 0.29) is 10.7 Å². The Morgan fingerprint density at radius 1 is 1.15 bits per heavy atom. The average molecular weight is 495 g/mol. The maximum Gasteiger partial charge on any atom is 0.407 e. The molecule has 4 rings (SSSR count). The lowest BCUT2D eigenvalue weighted by Gasteiger charge is -2.44. The summed E-state index contributed by atoms with van der Waals surface area (Å²) in [5.74, 6) is -2.83. The highest BCUT2D eigenvalue weighted by atomic mass is 28.4. The topological polar surface area (TPSA) is 60.2 Å². The van der Waals surface area contributed by atoms with Gasteiger partial charge in [-0.05, 0) is 44.1 Å². The van der Waals surface area contributed by atoms with Crippen molar-refractivity contribution in [1.82, 2.24) is 0 Å². The quantitative estimate of drug-likeness (QED) is 0.307.